The number of carbonyl (C=O) groups excluding carboxylic acids is 1. The van der Waals surface area contributed by atoms with Gasteiger partial charge in [0, 0.05) is 44.7 Å². The number of ether oxygens (including phenoxy) is 1. The van der Waals surface area contributed by atoms with Gasteiger partial charge in [0.05, 0.1) is 18.8 Å². The molecule has 5 nitrogen and oxygen atoms in total. The van der Waals surface area contributed by atoms with E-state index in [4.69, 9.17) is 4.74 Å². The van der Waals surface area contributed by atoms with Crippen LogP contribution in [0.4, 0.5) is 14.5 Å². The third-order valence-corrected chi connectivity index (χ3v) is 7.08. The minimum Gasteiger partial charge on any atom is -0.380 e. The van der Waals surface area contributed by atoms with Gasteiger partial charge in [-0.2, -0.15) is 0 Å². The number of fused-ring (bicyclic) bond motifs is 1. The highest BCUT2D eigenvalue weighted by Gasteiger charge is 2.29. The molecule has 0 spiro atoms. The van der Waals surface area contributed by atoms with Gasteiger partial charge in [0.2, 0.25) is 5.91 Å². The van der Waals surface area contributed by atoms with E-state index < -0.39 is 0 Å². The topological polar surface area (TPSA) is 44.8 Å². The molecular weight excluding hydrogens is 448 g/mol. The Morgan fingerprint density at radius 1 is 1.00 bits per heavy atom. The molecule has 190 valence electrons. The SMILES string of the molecule is CCCOCCNC1CCN(CC(=O)N2CCCC(c3ccc(F)cc3)c3ccc(F)cc32)CC1. The van der Waals surface area contributed by atoms with Gasteiger partial charge >= 0.3 is 0 Å². The monoisotopic (exact) mass is 485 g/mol. The van der Waals surface area contributed by atoms with E-state index in [1.54, 1.807) is 23.1 Å². The van der Waals surface area contributed by atoms with Crippen LogP contribution in [0.15, 0.2) is 42.5 Å². The third-order valence-electron chi connectivity index (χ3n) is 7.08. The average Bonchev–Trinajstić information content (AvgIpc) is 3.05. The molecule has 0 bridgehead atoms. The van der Waals surface area contributed by atoms with Gasteiger partial charge in [0.25, 0.3) is 0 Å². The summed E-state index contributed by atoms with van der Waals surface area (Å²) in [5.41, 5.74) is 2.56. The predicted molar refractivity (Wildman–Crippen MR) is 135 cm³/mol. The minimum atomic E-state index is -0.351. The van der Waals surface area contributed by atoms with Crippen LogP contribution in [0.5, 0.6) is 0 Å². The fraction of sp³-hybridized carbons (Fsp3) is 0.536. The fourth-order valence-electron chi connectivity index (χ4n) is 5.23. The summed E-state index contributed by atoms with van der Waals surface area (Å²) in [5.74, 6) is -0.610. The van der Waals surface area contributed by atoms with E-state index in [0.717, 1.165) is 76.1 Å². The molecule has 2 aliphatic heterocycles. The lowest BCUT2D eigenvalue weighted by Gasteiger charge is -2.33. The number of piperidine rings is 1. The van der Waals surface area contributed by atoms with Crippen LogP contribution < -0.4 is 10.2 Å². The number of hydrogen-bond acceptors (Lipinski definition) is 4. The summed E-state index contributed by atoms with van der Waals surface area (Å²) in [6.07, 6.45) is 4.66. The van der Waals surface area contributed by atoms with Crippen molar-refractivity contribution in [2.75, 3.05) is 50.8 Å². The second-order valence-corrected chi connectivity index (χ2v) is 9.61. The highest BCUT2D eigenvalue weighted by Crippen LogP contribution is 2.39. The lowest BCUT2D eigenvalue weighted by Crippen LogP contribution is -2.47. The van der Waals surface area contributed by atoms with Crippen molar-refractivity contribution in [2.45, 2.75) is 51.0 Å². The first-order valence-corrected chi connectivity index (χ1v) is 12.9. The van der Waals surface area contributed by atoms with E-state index in [2.05, 4.69) is 17.1 Å². The van der Waals surface area contributed by atoms with E-state index in [-0.39, 0.29) is 23.5 Å². The zero-order valence-corrected chi connectivity index (χ0v) is 20.6. The number of nitrogens with one attached hydrogen (secondary N) is 1. The molecule has 0 saturated carbocycles. The van der Waals surface area contributed by atoms with Gasteiger partial charge < -0.3 is 15.0 Å². The van der Waals surface area contributed by atoms with Gasteiger partial charge in [-0.3, -0.25) is 9.69 Å². The van der Waals surface area contributed by atoms with Gasteiger partial charge in [-0.15, -0.1) is 0 Å². The number of halogens is 2. The Hall–Kier alpha value is -2.35. The van der Waals surface area contributed by atoms with Crippen molar-refractivity contribution in [3.8, 4) is 0 Å². The Kier molecular flexibility index (Phi) is 9.24. The molecular formula is C28H37F2N3O2. The maximum absolute atomic E-state index is 14.3. The van der Waals surface area contributed by atoms with Crippen molar-refractivity contribution >= 4 is 11.6 Å². The summed E-state index contributed by atoms with van der Waals surface area (Å²) in [7, 11) is 0. The first-order chi connectivity index (χ1) is 17.0. The molecule has 0 aromatic heterocycles. The molecule has 2 heterocycles. The van der Waals surface area contributed by atoms with Crippen molar-refractivity contribution in [3.05, 3.63) is 65.2 Å². The van der Waals surface area contributed by atoms with E-state index in [1.807, 2.05) is 0 Å². The number of anilines is 1. The smallest absolute Gasteiger partial charge is 0.241 e. The summed E-state index contributed by atoms with van der Waals surface area (Å²) in [6, 6.07) is 11.7. The molecule has 2 aliphatic rings. The molecule has 7 heteroatoms. The van der Waals surface area contributed by atoms with Crippen LogP contribution in [0.3, 0.4) is 0 Å². The van der Waals surface area contributed by atoms with Crippen molar-refractivity contribution in [1.82, 2.24) is 10.2 Å². The number of amides is 1. The molecule has 0 radical (unpaired) electrons. The number of hydrogen-bond donors (Lipinski definition) is 1. The third kappa shape index (κ3) is 6.87. The summed E-state index contributed by atoms with van der Waals surface area (Å²) >= 11 is 0. The molecule has 1 unspecified atom stereocenters. The summed E-state index contributed by atoms with van der Waals surface area (Å²) in [4.78, 5) is 17.4. The van der Waals surface area contributed by atoms with Crippen LogP contribution in [-0.4, -0.2) is 62.8 Å². The van der Waals surface area contributed by atoms with Gasteiger partial charge in [-0.25, -0.2) is 8.78 Å². The Morgan fingerprint density at radius 3 is 2.49 bits per heavy atom. The van der Waals surface area contributed by atoms with Crippen LogP contribution in [0.25, 0.3) is 0 Å². The van der Waals surface area contributed by atoms with Crippen LogP contribution in [-0.2, 0) is 9.53 Å². The zero-order chi connectivity index (χ0) is 24.6. The number of carbonyl (C=O) groups is 1. The molecule has 1 fully saturated rings. The Balaban J connectivity index is 1.38. The quantitative estimate of drug-likeness (QED) is 0.523. The summed E-state index contributed by atoms with van der Waals surface area (Å²) in [5, 5.41) is 3.56. The highest BCUT2D eigenvalue weighted by atomic mass is 19.1. The molecule has 1 N–H and O–H groups in total. The number of nitrogens with zero attached hydrogens (tertiary/aromatic N) is 2. The van der Waals surface area contributed by atoms with Crippen molar-refractivity contribution in [3.63, 3.8) is 0 Å². The Bertz CT molecular complexity index is 961. The predicted octanol–water partition coefficient (Wildman–Crippen LogP) is 4.70. The lowest BCUT2D eigenvalue weighted by atomic mass is 9.87. The molecule has 1 atom stereocenters. The number of rotatable bonds is 9. The van der Waals surface area contributed by atoms with Crippen LogP contribution in [0, 0.1) is 11.6 Å². The van der Waals surface area contributed by atoms with Crippen molar-refractivity contribution < 1.29 is 18.3 Å². The highest BCUT2D eigenvalue weighted by molar-refractivity contribution is 5.96. The van der Waals surface area contributed by atoms with Gasteiger partial charge in [0.15, 0.2) is 0 Å². The first kappa shape index (κ1) is 25.7. The number of benzene rings is 2. The molecule has 2 aromatic carbocycles. The molecule has 2 aromatic rings. The Labute approximate surface area is 207 Å². The van der Waals surface area contributed by atoms with E-state index >= 15 is 0 Å². The summed E-state index contributed by atoms with van der Waals surface area (Å²) < 4.78 is 33.3. The van der Waals surface area contributed by atoms with E-state index in [9.17, 15) is 13.6 Å². The zero-order valence-electron chi connectivity index (χ0n) is 20.6. The van der Waals surface area contributed by atoms with Gasteiger partial charge in [0.1, 0.15) is 11.6 Å². The van der Waals surface area contributed by atoms with Crippen LogP contribution >= 0.6 is 0 Å². The maximum atomic E-state index is 14.3. The second-order valence-electron chi connectivity index (χ2n) is 9.61. The maximum Gasteiger partial charge on any atom is 0.241 e. The van der Waals surface area contributed by atoms with Crippen LogP contribution in [0.1, 0.15) is 56.1 Å². The fourth-order valence-corrected chi connectivity index (χ4v) is 5.23. The summed E-state index contributed by atoms with van der Waals surface area (Å²) in [6.45, 7) is 7.12. The van der Waals surface area contributed by atoms with Crippen LogP contribution in [0.2, 0.25) is 0 Å². The number of likely N-dealkylation sites (tertiary alicyclic amines) is 1. The molecule has 0 aliphatic carbocycles. The second kappa shape index (κ2) is 12.6. The average molecular weight is 486 g/mol. The van der Waals surface area contributed by atoms with Crippen molar-refractivity contribution in [1.29, 1.82) is 0 Å². The minimum absolute atomic E-state index is 0.00660. The molecule has 1 amide bonds. The normalized spacial score (nSPS) is 19.4. The van der Waals surface area contributed by atoms with Gasteiger partial charge in [-0.1, -0.05) is 25.1 Å². The first-order valence-electron chi connectivity index (χ1n) is 12.9. The largest absolute Gasteiger partial charge is 0.380 e. The molecule has 1 saturated heterocycles. The molecule has 35 heavy (non-hydrogen) atoms. The van der Waals surface area contributed by atoms with Gasteiger partial charge in [-0.05, 0) is 67.5 Å². The lowest BCUT2D eigenvalue weighted by molar-refractivity contribution is -0.120. The van der Waals surface area contributed by atoms with E-state index in [0.29, 0.717) is 24.8 Å². The molecule has 4 rings (SSSR count). The van der Waals surface area contributed by atoms with E-state index in [1.165, 1.54) is 24.3 Å². The standard InChI is InChI=1S/C28H37F2N3O2/c1-2-17-35-18-13-31-24-11-15-32(16-12-24)20-28(34)33-14-3-4-25(21-5-7-22(29)8-6-21)26-10-9-23(30)19-27(26)33/h5-10,19,24-25,31H,2-4,11-18,20H2,1H3. The van der Waals surface area contributed by atoms with Crippen molar-refractivity contribution in [2.24, 2.45) is 0 Å². The Morgan fingerprint density at radius 2 is 1.74 bits per heavy atom.